The Hall–Kier alpha value is -1.76. The fraction of sp³-hybridized carbons (Fsp3) is 0.417. The lowest BCUT2D eigenvalue weighted by atomic mass is 10.5. The molecule has 1 N–H and O–H groups in total. The van der Waals surface area contributed by atoms with E-state index in [2.05, 4.69) is 31.0 Å². The largest absolute Gasteiger partial charge is 0.478 e. The maximum atomic E-state index is 5.33. The van der Waals surface area contributed by atoms with Crippen LogP contribution in [0.25, 0.3) is 0 Å². The Labute approximate surface area is 115 Å². The van der Waals surface area contributed by atoms with Crippen molar-refractivity contribution in [1.29, 1.82) is 0 Å². The van der Waals surface area contributed by atoms with Crippen LogP contribution in [0, 0.1) is 0 Å². The Bertz CT molecular complexity index is 549. The third kappa shape index (κ3) is 2.81. The summed E-state index contributed by atoms with van der Waals surface area (Å²) in [5, 5.41) is 4.26. The van der Waals surface area contributed by atoms with E-state index in [1.54, 1.807) is 24.0 Å². The highest BCUT2D eigenvalue weighted by molar-refractivity contribution is 7.99. The summed E-state index contributed by atoms with van der Waals surface area (Å²) < 4.78 is 7.51. The van der Waals surface area contributed by atoms with Crippen LogP contribution in [-0.4, -0.2) is 31.9 Å². The Morgan fingerprint density at radius 3 is 3.26 bits per heavy atom. The van der Waals surface area contributed by atoms with Crippen LogP contribution in [0.2, 0.25) is 0 Å². The zero-order valence-electron chi connectivity index (χ0n) is 10.7. The van der Waals surface area contributed by atoms with Gasteiger partial charge in [0.2, 0.25) is 11.8 Å². The summed E-state index contributed by atoms with van der Waals surface area (Å²) in [6.07, 6.45) is 3.76. The number of nitrogens with one attached hydrogen (secondary N) is 1. The molecule has 0 saturated carbocycles. The van der Waals surface area contributed by atoms with Crippen molar-refractivity contribution in [2.75, 3.05) is 17.7 Å². The van der Waals surface area contributed by atoms with E-state index in [4.69, 9.17) is 4.74 Å². The molecule has 0 atom stereocenters. The smallest absolute Gasteiger partial charge is 0.226 e. The molecule has 7 heteroatoms. The van der Waals surface area contributed by atoms with E-state index in [-0.39, 0.29) is 0 Å². The maximum absolute atomic E-state index is 5.33. The molecule has 19 heavy (non-hydrogen) atoms. The summed E-state index contributed by atoms with van der Waals surface area (Å²) in [4.78, 5) is 13.0. The van der Waals surface area contributed by atoms with E-state index < -0.39 is 0 Å². The lowest BCUT2D eigenvalue weighted by molar-refractivity contribution is 0.326. The van der Waals surface area contributed by atoms with Gasteiger partial charge >= 0.3 is 0 Å². The standard InChI is InChI=1S/C12H15N5OS/c1-2-18-10-3-4-13-11(16-10)14-7-9-8-17-5-6-19-12(17)15-9/h3-4,8H,2,5-7H2,1H3,(H,13,14,16). The minimum atomic E-state index is 0.562. The highest BCUT2D eigenvalue weighted by atomic mass is 32.2. The molecule has 0 fully saturated rings. The molecule has 0 aromatic carbocycles. The van der Waals surface area contributed by atoms with Crippen molar-refractivity contribution in [3.63, 3.8) is 0 Å². The Morgan fingerprint density at radius 1 is 1.47 bits per heavy atom. The Morgan fingerprint density at radius 2 is 2.42 bits per heavy atom. The molecule has 2 aromatic heterocycles. The lowest BCUT2D eigenvalue weighted by Gasteiger charge is -2.05. The van der Waals surface area contributed by atoms with Crippen molar-refractivity contribution in [3.05, 3.63) is 24.2 Å². The van der Waals surface area contributed by atoms with Crippen molar-refractivity contribution < 1.29 is 4.74 Å². The van der Waals surface area contributed by atoms with E-state index >= 15 is 0 Å². The summed E-state index contributed by atoms with van der Waals surface area (Å²) in [5.74, 6) is 2.27. The number of nitrogens with zero attached hydrogens (tertiary/aromatic N) is 4. The third-order valence-electron chi connectivity index (χ3n) is 2.70. The van der Waals surface area contributed by atoms with E-state index in [1.807, 2.05) is 6.92 Å². The van der Waals surface area contributed by atoms with Gasteiger partial charge in [0.15, 0.2) is 5.16 Å². The van der Waals surface area contributed by atoms with Gasteiger partial charge in [-0.15, -0.1) is 0 Å². The van der Waals surface area contributed by atoms with E-state index in [9.17, 15) is 0 Å². The first-order valence-corrected chi connectivity index (χ1v) is 7.22. The van der Waals surface area contributed by atoms with Gasteiger partial charge in [-0.3, -0.25) is 0 Å². The highest BCUT2D eigenvalue weighted by Gasteiger charge is 2.14. The number of thioether (sulfide) groups is 1. The fourth-order valence-corrected chi connectivity index (χ4v) is 2.83. The zero-order valence-corrected chi connectivity index (χ0v) is 11.5. The maximum Gasteiger partial charge on any atom is 0.226 e. The molecule has 0 radical (unpaired) electrons. The SMILES string of the molecule is CCOc1ccnc(NCc2cn3c(n2)SCC3)n1. The quantitative estimate of drug-likeness (QED) is 0.899. The predicted octanol–water partition coefficient (Wildman–Crippen LogP) is 1.79. The summed E-state index contributed by atoms with van der Waals surface area (Å²) >= 11 is 1.79. The molecule has 2 aromatic rings. The molecular weight excluding hydrogens is 262 g/mol. The first-order chi connectivity index (χ1) is 9.35. The van der Waals surface area contributed by atoms with E-state index in [1.165, 1.54) is 0 Å². The molecule has 0 unspecified atom stereocenters. The molecule has 3 rings (SSSR count). The molecule has 3 heterocycles. The number of aryl methyl sites for hydroxylation is 1. The van der Waals surface area contributed by atoms with Gasteiger partial charge in [0.1, 0.15) is 0 Å². The second-order valence-electron chi connectivity index (χ2n) is 4.06. The van der Waals surface area contributed by atoms with Gasteiger partial charge in [-0.1, -0.05) is 11.8 Å². The molecule has 0 bridgehead atoms. The number of ether oxygens (including phenoxy) is 1. The average molecular weight is 277 g/mol. The van der Waals surface area contributed by atoms with Crippen molar-refractivity contribution in [3.8, 4) is 5.88 Å². The number of rotatable bonds is 5. The molecular formula is C12H15N5OS. The number of anilines is 1. The van der Waals surface area contributed by atoms with Crippen LogP contribution in [0.1, 0.15) is 12.6 Å². The normalized spacial score (nSPS) is 13.3. The number of fused-ring (bicyclic) bond motifs is 1. The third-order valence-corrected chi connectivity index (χ3v) is 3.67. The molecule has 100 valence electrons. The van der Waals surface area contributed by atoms with Crippen molar-refractivity contribution >= 4 is 17.7 Å². The van der Waals surface area contributed by atoms with Crippen LogP contribution in [-0.2, 0) is 13.1 Å². The Kier molecular flexibility index (Phi) is 3.54. The van der Waals surface area contributed by atoms with Gasteiger partial charge in [-0.05, 0) is 6.92 Å². The van der Waals surface area contributed by atoms with Gasteiger partial charge in [0.25, 0.3) is 0 Å². The first-order valence-electron chi connectivity index (χ1n) is 6.23. The molecule has 1 aliphatic heterocycles. The Balaban J connectivity index is 1.63. The molecule has 6 nitrogen and oxygen atoms in total. The van der Waals surface area contributed by atoms with Crippen LogP contribution in [0.15, 0.2) is 23.6 Å². The van der Waals surface area contributed by atoms with Crippen molar-refractivity contribution in [2.45, 2.75) is 25.2 Å². The number of aromatic nitrogens is 4. The predicted molar refractivity (Wildman–Crippen MR) is 73.5 cm³/mol. The molecule has 0 saturated heterocycles. The summed E-state index contributed by atoms with van der Waals surface area (Å²) in [6, 6.07) is 1.75. The second kappa shape index (κ2) is 5.48. The molecule has 0 spiro atoms. The van der Waals surface area contributed by atoms with Gasteiger partial charge in [-0.25, -0.2) is 9.97 Å². The summed E-state index contributed by atoms with van der Waals surface area (Å²) in [7, 11) is 0. The average Bonchev–Trinajstić information content (AvgIpc) is 2.98. The second-order valence-corrected chi connectivity index (χ2v) is 5.12. The van der Waals surface area contributed by atoms with Crippen molar-refractivity contribution in [1.82, 2.24) is 19.5 Å². The van der Waals surface area contributed by atoms with Gasteiger partial charge in [-0.2, -0.15) is 4.98 Å². The zero-order chi connectivity index (χ0) is 13.1. The van der Waals surface area contributed by atoms with Crippen molar-refractivity contribution in [2.24, 2.45) is 0 Å². The minimum absolute atomic E-state index is 0.562. The summed E-state index contributed by atoms with van der Waals surface area (Å²) in [5.41, 5.74) is 1.01. The monoisotopic (exact) mass is 277 g/mol. The lowest BCUT2D eigenvalue weighted by Crippen LogP contribution is -2.05. The van der Waals surface area contributed by atoms with Crippen LogP contribution >= 0.6 is 11.8 Å². The number of hydrogen-bond donors (Lipinski definition) is 1. The summed E-state index contributed by atoms with van der Waals surface area (Å²) in [6.45, 7) is 4.19. The molecule has 0 aliphatic carbocycles. The van der Waals surface area contributed by atoms with Crippen LogP contribution in [0.4, 0.5) is 5.95 Å². The van der Waals surface area contributed by atoms with E-state index in [0.717, 1.165) is 23.1 Å². The van der Waals surface area contributed by atoms with Gasteiger partial charge in [0.05, 0.1) is 18.8 Å². The van der Waals surface area contributed by atoms with Gasteiger partial charge < -0.3 is 14.6 Å². The van der Waals surface area contributed by atoms with Crippen LogP contribution < -0.4 is 10.1 Å². The molecule has 0 amide bonds. The minimum Gasteiger partial charge on any atom is -0.478 e. The fourth-order valence-electron chi connectivity index (χ4n) is 1.87. The van der Waals surface area contributed by atoms with Crippen LogP contribution in [0.5, 0.6) is 5.88 Å². The van der Waals surface area contributed by atoms with Gasteiger partial charge in [0, 0.05) is 30.8 Å². The highest BCUT2D eigenvalue weighted by Crippen LogP contribution is 2.24. The van der Waals surface area contributed by atoms with E-state index in [0.29, 0.717) is 25.0 Å². The number of hydrogen-bond acceptors (Lipinski definition) is 6. The molecule has 1 aliphatic rings. The topological polar surface area (TPSA) is 64.9 Å². The van der Waals surface area contributed by atoms with Crippen LogP contribution in [0.3, 0.4) is 0 Å². The first kappa shape index (κ1) is 12.3. The number of imidazole rings is 1.